The highest BCUT2D eigenvalue weighted by Gasteiger charge is 2.37. The molecule has 6 rings (SSSR count). The number of benzene rings is 2. The molecule has 4 heterocycles. The van der Waals surface area contributed by atoms with E-state index in [4.69, 9.17) is 15.6 Å². The van der Waals surface area contributed by atoms with Crippen molar-refractivity contribution in [3.8, 4) is 22.8 Å². The summed E-state index contributed by atoms with van der Waals surface area (Å²) in [5, 5.41) is 15.4. The van der Waals surface area contributed by atoms with Crippen LogP contribution in [0.1, 0.15) is 39.7 Å². The maximum absolute atomic E-state index is 13.3. The summed E-state index contributed by atoms with van der Waals surface area (Å²) in [6.45, 7) is 9.64. The number of aromatic nitrogens is 4. The molecule has 0 spiro atoms. The Morgan fingerprint density at radius 2 is 1.74 bits per heavy atom. The van der Waals surface area contributed by atoms with E-state index in [-0.39, 0.29) is 23.4 Å². The zero-order valence-electron chi connectivity index (χ0n) is 27.1. The lowest BCUT2D eigenvalue weighted by Crippen LogP contribution is -2.59. The standard InChI is InChI=1S/C35H42N8O4/c1-35(2,3)28-22-40(19-20-42(28)34(45)46)17-8-12-29(44)41-18-7-9-25(21-41)43-33-30(32(36)37-23-38-33)31(39-43)24-13-15-27(16-14-24)47-26-10-5-4-6-11-26/h4-6,8,10-16,23,25,28H,7,9,17-22H2,1-3H3,(H,45,46)(H2,36,37,38). The first-order valence-electron chi connectivity index (χ1n) is 16.1. The van der Waals surface area contributed by atoms with Crippen LogP contribution in [0.2, 0.25) is 0 Å². The zero-order valence-corrected chi connectivity index (χ0v) is 27.1. The van der Waals surface area contributed by atoms with E-state index in [1.807, 2.05) is 70.3 Å². The fraction of sp³-hybridized carbons (Fsp3) is 0.400. The summed E-state index contributed by atoms with van der Waals surface area (Å²) < 4.78 is 7.86. The van der Waals surface area contributed by atoms with Gasteiger partial charge in [-0.15, -0.1) is 0 Å². The summed E-state index contributed by atoms with van der Waals surface area (Å²) in [7, 11) is 0. The quantitative estimate of drug-likeness (QED) is 0.258. The molecule has 0 saturated carbocycles. The fourth-order valence-corrected chi connectivity index (χ4v) is 6.50. The zero-order chi connectivity index (χ0) is 33.1. The summed E-state index contributed by atoms with van der Waals surface area (Å²) >= 11 is 0. The maximum atomic E-state index is 13.3. The number of ether oxygens (including phenoxy) is 1. The lowest BCUT2D eigenvalue weighted by Gasteiger charge is -2.45. The highest BCUT2D eigenvalue weighted by atomic mass is 16.5. The molecule has 3 N–H and O–H groups in total. The Morgan fingerprint density at radius 1 is 1.00 bits per heavy atom. The Balaban J connectivity index is 1.15. The second-order valence-electron chi connectivity index (χ2n) is 13.3. The van der Waals surface area contributed by atoms with E-state index in [0.717, 1.165) is 24.2 Å². The minimum absolute atomic E-state index is 0.0499. The second-order valence-corrected chi connectivity index (χ2v) is 13.3. The molecule has 2 atom stereocenters. The van der Waals surface area contributed by atoms with Crippen LogP contribution in [0.5, 0.6) is 11.5 Å². The van der Waals surface area contributed by atoms with Crippen LogP contribution in [0.15, 0.2) is 73.1 Å². The summed E-state index contributed by atoms with van der Waals surface area (Å²) in [5.41, 5.74) is 8.37. The third kappa shape index (κ3) is 7.07. The van der Waals surface area contributed by atoms with Crippen LogP contribution in [-0.2, 0) is 4.79 Å². The lowest BCUT2D eigenvalue weighted by atomic mass is 9.84. The average molecular weight is 639 g/mol. The van der Waals surface area contributed by atoms with Gasteiger partial charge in [0, 0.05) is 50.9 Å². The Hall–Kier alpha value is -4.97. The average Bonchev–Trinajstić information content (AvgIpc) is 3.46. The first-order valence-corrected chi connectivity index (χ1v) is 16.1. The molecular formula is C35H42N8O4. The Kier molecular flexibility index (Phi) is 9.12. The van der Waals surface area contributed by atoms with Crippen molar-refractivity contribution in [3.05, 3.63) is 73.1 Å². The number of nitrogens with two attached hydrogens (primary N) is 1. The lowest BCUT2D eigenvalue weighted by molar-refractivity contribution is -0.127. The molecule has 0 radical (unpaired) electrons. The van der Waals surface area contributed by atoms with Crippen LogP contribution in [0, 0.1) is 5.41 Å². The SMILES string of the molecule is CC(C)(C)C1CN(CC=CC(=O)N2CCCC(n3nc(-c4ccc(Oc5ccccc5)cc4)c4c(N)ncnc43)C2)CCN1C(=O)O. The molecule has 2 fully saturated rings. The van der Waals surface area contributed by atoms with Crippen LogP contribution in [0.3, 0.4) is 0 Å². The van der Waals surface area contributed by atoms with E-state index in [1.54, 1.807) is 6.08 Å². The number of piperazine rings is 1. The number of rotatable bonds is 7. The molecular weight excluding hydrogens is 596 g/mol. The van der Waals surface area contributed by atoms with Gasteiger partial charge in [0.1, 0.15) is 29.3 Å². The van der Waals surface area contributed by atoms with Crippen LogP contribution in [0.25, 0.3) is 22.3 Å². The Bertz CT molecular complexity index is 1750. The largest absolute Gasteiger partial charge is 0.465 e. The maximum Gasteiger partial charge on any atom is 0.407 e. The molecule has 0 bridgehead atoms. The van der Waals surface area contributed by atoms with Crippen LogP contribution in [0.4, 0.5) is 10.6 Å². The molecule has 2 aromatic carbocycles. The van der Waals surface area contributed by atoms with Crippen molar-refractivity contribution in [2.75, 3.05) is 45.0 Å². The van der Waals surface area contributed by atoms with Crippen molar-refractivity contribution in [1.82, 2.24) is 34.4 Å². The topological polar surface area (TPSA) is 143 Å². The van der Waals surface area contributed by atoms with Crippen molar-refractivity contribution in [3.63, 3.8) is 0 Å². The van der Waals surface area contributed by atoms with Crippen molar-refractivity contribution in [2.45, 2.75) is 45.7 Å². The molecule has 12 nitrogen and oxygen atoms in total. The number of hydrogen-bond acceptors (Lipinski definition) is 8. The Morgan fingerprint density at radius 3 is 2.47 bits per heavy atom. The molecule has 4 aromatic rings. The first kappa shape index (κ1) is 32.0. The molecule has 2 saturated heterocycles. The number of nitrogens with zero attached hydrogens (tertiary/aromatic N) is 7. The predicted octanol–water partition coefficient (Wildman–Crippen LogP) is 5.30. The van der Waals surface area contributed by atoms with E-state index >= 15 is 0 Å². The van der Waals surface area contributed by atoms with Gasteiger partial charge in [-0.25, -0.2) is 19.4 Å². The molecule has 2 aliphatic rings. The molecule has 2 unspecified atom stereocenters. The van der Waals surface area contributed by atoms with Gasteiger partial charge in [-0.3, -0.25) is 9.69 Å². The predicted molar refractivity (Wildman–Crippen MR) is 180 cm³/mol. The monoisotopic (exact) mass is 638 g/mol. The summed E-state index contributed by atoms with van der Waals surface area (Å²) in [6, 6.07) is 17.1. The summed E-state index contributed by atoms with van der Waals surface area (Å²) in [6.07, 6.45) is 5.78. The van der Waals surface area contributed by atoms with Gasteiger partial charge in [0.05, 0.1) is 17.5 Å². The van der Waals surface area contributed by atoms with Crippen molar-refractivity contribution in [2.24, 2.45) is 5.41 Å². The number of anilines is 1. The molecule has 2 amide bonds. The van der Waals surface area contributed by atoms with Gasteiger partial charge in [-0.1, -0.05) is 45.0 Å². The number of amides is 2. The normalized spacial score (nSPS) is 19.4. The summed E-state index contributed by atoms with van der Waals surface area (Å²) in [4.78, 5) is 39.5. The highest BCUT2D eigenvalue weighted by molar-refractivity contribution is 5.98. The highest BCUT2D eigenvalue weighted by Crippen LogP contribution is 2.35. The minimum Gasteiger partial charge on any atom is -0.465 e. The van der Waals surface area contributed by atoms with Gasteiger partial charge >= 0.3 is 6.09 Å². The minimum atomic E-state index is -0.882. The van der Waals surface area contributed by atoms with Gasteiger partial charge in [-0.05, 0) is 54.7 Å². The van der Waals surface area contributed by atoms with Crippen LogP contribution < -0.4 is 10.5 Å². The number of piperidine rings is 1. The number of carbonyl (C=O) groups excluding carboxylic acids is 1. The first-order chi connectivity index (χ1) is 22.6. The van der Waals surface area contributed by atoms with E-state index < -0.39 is 6.09 Å². The van der Waals surface area contributed by atoms with Crippen molar-refractivity contribution < 1.29 is 19.4 Å². The molecule has 47 heavy (non-hydrogen) atoms. The molecule has 2 aromatic heterocycles. The second kappa shape index (κ2) is 13.4. The smallest absolute Gasteiger partial charge is 0.407 e. The number of carboxylic acid groups (broad SMARTS) is 1. The van der Waals surface area contributed by atoms with E-state index in [1.165, 1.54) is 11.2 Å². The number of para-hydroxylation sites is 1. The van der Waals surface area contributed by atoms with E-state index in [0.29, 0.717) is 67.6 Å². The van der Waals surface area contributed by atoms with Crippen LogP contribution in [-0.4, -0.2) is 96.9 Å². The van der Waals surface area contributed by atoms with E-state index in [9.17, 15) is 14.7 Å². The molecule has 2 aliphatic heterocycles. The fourth-order valence-electron chi connectivity index (χ4n) is 6.50. The molecule has 0 aliphatic carbocycles. The number of carbonyl (C=O) groups is 2. The number of likely N-dealkylation sites (tertiary alicyclic amines) is 1. The van der Waals surface area contributed by atoms with Gasteiger partial charge in [0.25, 0.3) is 0 Å². The van der Waals surface area contributed by atoms with Crippen molar-refractivity contribution >= 4 is 28.9 Å². The Labute approximate surface area is 274 Å². The number of nitrogen functional groups attached to an aromatic ring is 1. The summed E-state index contributed by atoms with van der Waals surface area (Å²) in [5.74, 6) is 1.77. The van der Waals surface area contributed by atoms with Gasteiger partial charge in [0.15, 0.2) is 5.65 Å². The van der Waals surface area contributed by atoms with Gasteiger partial charge < -0.3 is 25.4 Å². The third-order valence-corrected chi connectivity index (χ3v) is 9.01. The number of hydrogen-bond donors (Lipinski definition) is 2. The van der Waals surface area contributed by atoms with Gasteiger partial charge in [0.2, 0.25) is 5.91 Å². The van der Waals surface area contributed by atoms with Gasteiger partial charge in [-0.2, -0.15) is 5.10 Å². The molecule has 246 valence electrons. The molecule has 12 heteroatoms. The van der Waals surface area contributed by atoms with Crippen molar-refractivity contribution in [1.29, 1.82) is 0 Å². The third-order valence-electron chi connectivity index (χ3n) is 9.01. The van der Waals surface area contributed by atoms with Crippen LogP contribution >= 0.6 is 0 Å². The number of fused-ring (bicyclic) bond motifs is 1. The van der Waals surface area contributed by atoms with E-state index in [2.05, 4.69) is 35.6 Å².